The molecular weight excluding hydrogens is 196 g/mol. The molecule has 76 valence electrons. The molecule has 2 nitrogen and oxygen atoms in total. The molecule has 0 saturated heterocycles. The maximum absolute atomic E-state index is 12.0. The highest BCUT2D eigenvalue weighted by atomic mass is 32.2. The van der Waals surface area contributed by atoms with Crippen LogP contribution in [0.3, 0.4) is 0 Å². The van der Waals surface area contributed by atoms with Crippen LogP contribution in [0.4, 0.5) is 0 Å². The summed E-state index contributed by atoms with van der Waals surface area (Å²) in [5.41, 5.74) is 0. The number of hydrogen-bond donors (Lipinski definition) is 0. The minimum atomic E-state index is -3.04. The average molecular weight is 210 g/mol. The summed E-state index contributed by atoms with van der Waals surface area (Å²) in [6.07, 6.45) is 3.77. The second-order valence-electron chi connectivity index (χ2n) is 3.76. The molecule has 1 aromatic carbocycles. The molecule has 0 unspecified atom stereocenters. The van der Waals surface area contributed by atoms with E-state index in [-0.39, 0.29) is 5.25 Å². The highest BCUT2D eigenvalue weighted by molar-refractivity contribution is 7.92. The van der Waals surface area contributed by atoms with Crippen molar-refractivity contribution >= 4 is 9.84 Å². The topological polar surface area (TPSA) is 34.1 Å². The Balaban J connectivity index is 2.33. The Morgan fingerprint density at radius 1 is 1.00 bits per heavy atom. The molecule has 0 radical (unpaired) electrons. The van der Waals surface area contributed by atoms with E-state index in [1.54, 1.807) is 24.3 Å². The van der Waals surface area contributed by atoms with Crippen molar-refractivity contribution in [3.8, 4) is 0 Å². The Hall–Kier alpha value is -0.830. The van der Waals surface area contributed by atoms with Gasteiger partial charge in [0.1, 0.15) is 0 Å². The van der Waals surface area contributed by atoms with E-state index in [4.69, 9.17) is 0 Å². The molecule has 1 aliphatic rings. The van der Waals surface area contributed by atoms with E-state index >= 15 is 0 Å². The van der Waals surface area contributed by atoms with Crippen molar-refractivity contribution in [1.29, 1.82) is 0 Å². The summed E-state index contributed by atoms with van der Waals surface area (Å²) >= 11 is 0. The van der Waals surface area contributed by atoms with Crippen LogP contribution in [0.15, 0.2) is 35.2 Å². The Kier molecular flexibility index (Phi) is 2.59. The lowest BCUT2D eigenvalue weighted by Crippen LogP contribution is -2.17. The van der Waals surface area contributed by atoms with E-state index in [2.05, 4.69) is 0 Å². The van der Waals surface area contributed by atoms with E-state index in [0.29, 0.717) is 4.90 Å². The fourth-order valence-electron chi connectivity index (χ4n) is 2.00. The highest BCUT2D eigenvalue weighted by Crippen LogP contribution is 2.29. The standard InChI is InChI=1S/C11H14O2S/c12-14(13,11-8-4-5-9-11)10-6-2-1-3-7-10/h1-3,6-7,11H,4-5,8-9H2. The van der Waals surface area contributed by atoms with Gasteiger partial charge in [-0.05, 0) is 25.0 Å². The third-order valence-corrected chi connectivity index (χ3v) is 5.09. The molecule has 0 heterocycles. The predicted molar refractivity (Wildman–Crippen MR) is 55.9 cm³/mol. The van der Waals surface area contributed by atoms with Gasteiger partial charge < -0.3 is 0 Å². The smallest absolute Gasteiger partial charge is 0.181 e. The van der Waals surface area contributed by atoms with Gasteiger partial charge >= 0.3 is 0 Å². The summed E-state index contributed by atoms with van der Waals surface area (Å²) in [5, 5.41) is -0.134. The maximum Gasteiger partial charge on any atom is 0.181 e. The van der Waals surface area contributed by atoms with Crippen LogP contribution in [0.1, 0.15) is 25.7 Å². The fourth-order valence-corrected chi connectivity index (χ4v) is 3.88. The molecular formula is C11H14O2S. The fraction of sp³-hybridized carbons (Fsp3) is 0.455. The molecule has 0 N–H and O–H groups in total. The first kappa shape index (κ1) is 9.71. The van der Waals surface area contributed by atoms with Crippen LogP contribution in [0, 0.1) is 0 Å². The largest absolute Gasteiger partial charge is 0.223 e. The van der Waals surface area contributed by atoms with Crippen LogP contribution in [-0.2, 0) is 9.84 Å². The van der Waals surface area contributed by atoms with Crippen molar-refractivity contribution in [3.05, 3.63) is 30.3 Å². The quantitative estimate of drug-likeness (QED) is 0.751. The van der Waals surface area contributed by atoms with Crippen LogP contribution >= 0.6 is 0 Å². The Labute approximate surface area is 84.9 Å². The van der Waals surface area contributed by atoms with Gasteiger partial charge in [-0.25, -0.2) is 8.42 Å². The summed E-state index contributed by atoms with van der Waals surface area (Å²) in [5.74, 6) is 0. The number of rotatable bonds is 2. The summed E-state index contributed by atoms with van der Waals surface area (Å²) in [6.45, 7) is 0. The second kappa shape index (κ2) is 3.73. The monoisotopic (exact) mass is 210 g/mol. The number of benzene rings is 1. The van der Waals surface area contributed by atoms with Gasteiger partial charge in [0.2, 0.25) is 0 Å². The van der Waals surface area contributed by atoms with E-state index < -0.39 is 9.84 Å². The van der Waals surface area contributed by atoms with Crippen LogP contribution in [0.25, 0.3) is 0 Å². The van der Waals surface area contributed by atoms with Crippen molar-refractivity contribution in [2.75, 3.05) is 0 Å². The minimum absolute atomic E-state index is 0.134. The van der Waals surface area contributed by atoms with Crippen molar-refractivity contribution < 1.29 is 8.42 Å². The Bertz CT molecular complexity index is 389. The van der Waals surface area contributed by atoms with Crippen LogP contribution < -0.4 is 0 Å². The van der Waals surface area contributed by atoms with Crippen molar-refractivity contribution in [2.24, 2.45) is 0 Å². The third kappa shape index (κ3) is 1.69. The Morgan fingerprint density at radius 3 is 2.14 bits per heavy atom. The van der Waals surface area contributed by atoms with Gasteiger partial charge in [0.15, 0.2) is 9.84 Å². The van der Waals surface area contributed by atoms with Crippen LogP contribution in [0.2, 0.25) is 0 Å². The first-order valence-electron chi connectivity index (χ1n) is 5.00. The lowest BCUT2D eigenvalue weighted by Gasteiger charge is -2.10. The zero-order valence-electron chi connectivity index (χ0n) is 8.02. The van der Waals surface area contributed by atoms with Crippen LogP contribution in [-0.4, -0.2) is 13.7 Å². The first-order chi connectivity index (χ1) is 6.71. The number of sulfone groups is 1. The molecule has 0 atom stereocenters. The van der Waals surface area contributed by atoms with Gasteiger partial charge in [-0.3, -0.25) is 0 Å². The number of hydrogen-bond acceptors (Lipinski definition) is 2. The predicted octanol–water partition coefficient (Wildman–Crippen LogP) is 2.40. The molecule has 0 bridgehead atoms. The SMILES string of the molecule is O=S(=O)(c1ccccc1)C1CCCC1. The van der Waals surface area contributed by atoms with Crippen LogP contribution in [0.5, 0.6) is 0 Å². The van der Waals surface area contributed by atoms with Gasteiger partial charge in [-0.2, -0.15) is 0 Å². The van der Waals surface area contributed by atoms with Gasteiger partial charge in [-0.1, -0.05) is 31.0 Å². The summed E-state index contributed by atoms with van der Waals surface area (Å²) in [6, 6.07) is 8.78. The maximum atomic E-state index is 12.0. The zero-order valence-corrected chi connectivity index (χ0v) is 8.83. The molecule has 3 heteroatoms. The second-order valence-corrected chi connectivity index (χ2v) is 5.99. The third-order valence-electron chi connectivity index (χ3n) is 2.81. The molecule has 0 amide bonds. The van der Waals surface area contributed by atoms with E-state index in [0.717, 1.165) is 25.7 Å². The van der Waals surface area contributed by atoms with E-state index in [9.17, 15) is 8.42 Å². The molecule has 1 aliphatic carbocycles. The molecule has 0 aromatic heterocycles. The first-order valence-corrected chi connectivity index (χ1v) is 6.55. The van der Waals surface area contributed by atoms with Crippen molar-refractivity contribution in [3.63, 3.8) is 0 Å². The summed E-state index contributed by atoms with van der Waals surface area (Å²) in [7, 11) is -3.04. The molecule has 2 rings (SSSR count). The minimum Gasteiger partial charge on any atom is -0.223 e. The zero-order chi connectivity index (χ0) is 10.0. The van der Waals surface area contributed by atoms with Gasteiger partial charge in [0, 0.05) is 0 Å². The molecule has 1 saturated carbocycles. The molecule has 0 aliphatic heterocycles. The van der Waals surface area contributed by atoms with Gasteiger partial charge in [0.25, 0.3) is 0 Å². The molecule has 0 spiro atoms. The van der Waals surface area contributed by atoms with Gasteiger partial charge in [-0.15, -0.1) is 0 Å². The van der Waals surface area contributed by atoms with Crippen molar-refractivity contribution in [2.45, 2.75) is 35.8 Å². The molecule has 1 aromatic rings. The lowest BCUT2D eigenvalue weighted by atomic mass is 10.4. The summed E-state index contributed by atoms with van der Waals surface area (Å²) in [4.78, 5) is 0.479. The molecule has 14 heavy (non-hydrogen) atoms. The normalized spacial score (nSPS) is 18.6. The average Bonchev–Trinajstić information content (AvgIpc) is 2.72. The van der Waals surface area contributed by atoms with Crippen molar-refractivity contribution in [1.82, 2.24) is 0 Å². The van der Waals surface area contributed by atoms with E-state index in [1.807, 2.05) is 6.07 Å². The highest BCUT2D eigenvalue weighted by Gasteiger charge is 2.29. The lowest BCUT2D eigenvalue weighted by molar-refractivity contribution is 0.579. The molecule has 1 fully saturated rings. The Morgan fingerprint density at radius 2 is 1.57 bits per heavy atom. The van der Waals surface area contributed by atoms with Gasteiger partial charge in [0.05, 0.1) is 10.1 Å². The van der Waals surface area contributed by atoms with E-state index in [1.165, 1.54) is 0 Å². The summed E-state index contributed by atoms with van der Waals surface area (Å²) < 4.78 is 24.1.